The summed E-state index contributed by atoms with van der Waals surface area (Å²) in [5.74, 6) is -0.881. The van der Waals surface area contributed by atoms with Crippen molar-refractivity contribution in [1.82, 2.24) is 0 Å². The fourth-order valence-electron chi connectivity index (χ4n) is 2.56. The van der Waals surface area contributed by atoms with Crippen molar-refractivity contribution in [2.24, 2.45) is 5.92 Å². The highest BCUT2D eigenvalue weighted by molar-refractivity contribution is 5.53. The quantitative estimate of drug-likeness (QED) is 0.763. The summed E-state index contributed by atoms with van der Waals surface area (Å²) in [5, 5.41) is 8.68. The Morgan fingerprint density at radius 2 is 1.89 bits per heavy atom. The molecule has 1 aliphatic heterocycles. The van der Waals surface area contributed by atoms with E-state index >= 15 is 0 Å². The van der Waals surface area contributed by atoms with Crippen molar-refractivity contribution in [1.29, 1.82) is 5.26 Å². The van der Waals surface area contributed by atoms with Crippen LogP contribution in [-0.4, -0.2) is 12.6 Å². The van der Waals surface area contributed by atoms with Crippen LogP contribution >= 0.6 is 0 Å². The summed E-state index contributed by atoms with van der Waals surface area (Å²) < 4.78 is 27.9. The second kappa shape index (κ2) is 4.93. The van der Waals surface area contributed by atoms with Gasteiger partial charge in [-0.25, -0.2) is 8.78 Å². The lowest BCUT2D eigenvalue weighted by Gasteiger charge is -2.39. The van der Waals surface area contributed by atoms with Crippen molar-refractivity contribution in [2.45, 2.75) is 32.7 Å². The molecule has 1 aromatic carbocycles. The SMILES string of the molecule is CC1CCCN(c2c(F)cc(C#N)cc2F)C1C. The molecule has 0 bridgehead atoms. The number of nitriles is 1. The number of benzene rings is 1. The van der Waals surface area contributed by atoms with Crippen LogP contribution in [-0.2, 0) is 0 Å². The Morgan fingerprint density at radius 1 is 1.28 bits per heavy atom. The molecule has 1 aromatic rings. The first-order valence-electron chi connectivity index (χ1n) is 6.20. The van der Waals surface area contributed by atoms with Gasteiger partial charge < -0.3 is 4.90 Å². The fraction of sp³-hybridized carbons (Fsp3) is 0.500. The molecule has 0 N–H and O–H groups in total. The lowest BCUT2D eigenvalue weighted by atomic mass is 9.91. The van der Waals surface area contributed by atoms with Crippen LogP contribution in [0.4, 0.5) is 14.5 Å². The van der Waals surface area contributed by atoms with E-state index in [1.54, 1.807) is 11.0 Å². The molecule has 0 aliphatic carbocycles. The van der Waals surface area contributed by atoms with Crippen LogP contribution < -0.4 is 4.90 Å². The highest BCUT2D eigenvalue weighted by Crippen LogP contribution is 2.32. The minimum atomic E-state index is -0.646. The molecular weight excluding hydrogens is 234 g/mol. The van der Waals surface area contributed by atoms with Gasteiger partial charge in [-0.3, -0.25) is 0 Å². The molecule has 1 aliphatic rings. The highest BCUT2D eigenvalue weighted by Gasteiger charge is 2.28. The van der Waals surface area contributed by atoms with E-state index in [4.69, 9.17) is 5.26 Å². The van der Waals surface area contributed by atoms with Crippen molar-refractivity contribution < 1.29 is 8.78 Å². The summed E-state index contributed by atoms with van der Waals surface area (Å²) in [4.78, 5) is 1.78. The monoisotopic (exact) mass is 250 g/mol. The average molecular weight is 250 g/mol. The topological polar surface area (TPSA) is 27.0 Å². The first-order chi connectivity index (χ1) is 8.54. The highest BCUT2D eigenvalue weighted by atomic mass is 19.1. The van der Waals surface area contributed by atoms with Gasteiger partial charge in [-0.15, -0.1) is 0 Å². The van der Waals surface area contributed by atoms with Gasteiger partial charge in [0.15, 0.2) is 11.6 Å². The van der Waals surface area contributed by atoms with E-state index in [2.05, 4.69) is 6.92 Å². The standard InChI is InChI=1S/C14H16F2N2/c1-9-4-3-5-18(10(9)2)14-12(15)6-11(8-17)7-13(14)16/h6-7,9-10H,3-5H2,1-2H3. The molecule has 0 aromatic heterocycles. The van der Waals surface area contributed by atoms with Gasteiger partial charge in [-0.2, -0.15) is 5.26 Å². The number of rotatable bonds is 1. The summed E-state index contributed by atoms with van der Waals surface area (Å²) in [6.07, 6.45) is 2.02. The van der Waals surface area contributed by atoms with Gasteiger partial charge in [0.1, 0.15) is 5.69 Å². The molecule has 2 unspecified atom stereocenters. The summed E-state index contributed by atoms with van der Waals surface area (Å²) in [6.45, 7) is 4.74. The van der Waals surface area contributed by atoms with Crippen LogP contribution in [0.15, 0.2) is 12.1 Å². The smallest absolute Gasteiger partial charge is 0.150 e. The molecule has 2 nitrogen and oxygen atoms in total. The second-order valence-corrected chi connectivity index (χ2v) is 4.95. The van der Waals surface area contributed by atoms with Gasteiger partial charge in [0.25, 0.3) is 0 Å². The Morgan fingerprint density at radius 3 is 2.44 bits per heavy atom. The van der Waals surface area contributed by atoms with Crippen LogP contribution in [0.1, 0.15) is 32.3 Å². The maximum absolute atomic E-state index is 14.0. The minimum Gasteiger partial charge on any atom is -0.364 e. The van der Waals surface area contributed by atoms with Crippen LogP contribution in [0.2, 0.25) is 0 Å². The van der Waals surface area contributed by atoms with E-state index in [0.29, 0.717) is 12.5 Å². The number of anilines is 1. The molecule has 4 heteroatoms. The number of piperidine rings is 1. The lowest BCUT2D eigenvalue weighted by Crippen LogP contribution is -2.43. The van der Waals surface area contributed by atoms with Crippen molar-refractivity contribution >= 4 is 5.69 Å². The molecule has 1 heterocycles. The van der Waals surface area contributed by atoms with E-state index in [9.17, 15) is 8.78 Å². The van der Waals surface area contributed by atoms with Gasteiger partial charge in [0, 0.05) is 12.6 Å². The summed E-state index contributed by atoms with van der Waals surface area (Å²) in [5.41, 5.74) is 0.0273. The second-order valence-electron chi connectivity index (χ2n) is 4.95. The predicted molar refractivity (Wildman–Crippen MR) is 66.3 cm³/mol. The summed E-state index contributed by atoms with van der Waals surface area (Å²) in [7, 11) is 0. The van der Waals surface area contributed by atoms with Gasteiger partial charge in [0.05, 0.1) is 11.6 Å². The van der Waals surface area contributed by atoms with E-state index in [0.717, 1.165) is 25.0 Å². The van der Waals surface area contributed by atoms with E-state index in [-0.39, 0.29) is 17.3 Å². The number of hydrogen-bond donors (Lipinski definition) is 0. The lowest BCUT2D eigenvalue weighted by molar-refractivity contribution is 0.356. The van der Waals surface area contributed by atoms with Gasteiger partial charge >= 0.3 is 0 Å². The summed E-state index contributed by atoms with van der Waals surface area (Å²) in [6, 6.07) is 4.07. The number of hydrogen-bond acceptors (Lipinski definition) is 2. The van der Waals surface area contributed by atoms with Crippen LogP contribution in [0.3, 0.4) is 0 Å². The van der Waals surface area contributed by atoms with Crippen LogP contribution in [0, 0.1) is 28.9 Å². The van der Waals surface area contributed by atoms with E-state index < -0.39 is 11.6 Å². The molecule has 0 saturated carbocycles. The fourth-order valence-corrected chi connectivity index (χ4v) is 2.56. The first kappa shape index (κ1) is 12.8. The third-order valence-corrected chi connectivity index (χ3v) is 3.81. The number of nitrogens with zero attached hydrogens (tertiary/aromatic N) is 2. The third-order valence-electron chi connectivity index (χ3n) is 3.81. The van der Waals surface area contributed by atoms with Gasteiger partial charge in [-0.05, 0) is 37.8 Å². The Balaban J connectivity index is 2.42. The van der Waals surface area contributed by atoms with Gasteiger partial charge in [-0.1, -0.05) is 6.92 Å². The van der Waals surface area contributed by atoms with E-state index in [1.165, 1.54) is 0 Å². The van der Waals surface area contributed by atoms with E-state index in [1.807, 2.05) is 6.92 Å². The van der Waals surface area contributed by atoms with Crippen LogP contribution in [0.25, 0.3) is 0 Å². The maximum atomic E-state index is 14.0. The first-order valence-corrected chi connectivity index (χ1v) is 6.20. The van der Waals surface area contributed by atoms with Crippen molar-refractivity contribution in [2.75, 3.05) is 11.4 Å². The van der Waals surface area contributed by atoms with Crippen molar-refractivity contribution in [3.05, 3.63) is 29.3 Å². The minimum absolute atomic E-state index is 0.00745. The van der Waals surface area contributed by atoms with Crippen molar-refractivity contribution in [3.8, 4) is 6.07 Å². The number of halogens is 2. The molecular formula is C14H16F2N2. The summed E-state index contributed by atoms with van der Waals surface area (Å²) >= 11 is 0. The zero-order valence-electron chi connectivity index (χ0n) is 10.6. The molecule has 1 saturated heterocycles. The molecule has 18 heavy (non-hydrogen) atoms. The zero-order valence-corrected chi connectivity index (χ0v) is 10.6. The largest absolute Gasteiger partial charge is 0.364 e. The third kappa shape index (κ3) is 2.17. The Hall–Kier alpha value is -1.63. The maximum Gasteiger partial charge on any atom is 0.150 e. The Bertz CT molecular complexity index is 470. The average Bonchev–Trinajstić information content (AvgIpc) is 2.33. The predicted octanol–water partition coefficient (Wildman–Crippen LogP) is 3.46. The van der Waals surface area contributed by atoms with Crippen molar-refractivity contribution in [3.63, 3.8) is 0 Å². The molecule has 2 atom stereocenters. The Labute approximate surface area is 106 Å². The molecule has 2 rings (SSSR count). The van der Waals surface area contributed by atoms with Gasteiger partial charge in [0.2, 0.25) is 0 Å². The zero-order chi connectivity index (χ0) is 13.3. The van der Waals surface area contributed by atoms with Crippen LogP contribution in [0.5, 0.6) is 0 Å². The molecule has 1 fully saturated rings. The molecule has 96 valence electrons. The molecule has 0 spiro atoms. The Kier molecular flexibility index (Phi) is 3.51. The molecule has 0 radical (unpaired) electrons. The molecule has 0 amide bonds. The normalized spacial score (nSPS) is 23.8.